The van der Waals surface area contributed by atoms with Gasteiger partial charge in [-0.3, -0.25) is 4.79 Å². The number of halogens is 2. The minimum absolute atomic E-state index is 0. The van der Waals surface area contributed by atoms with Crippen LogP contribution in [-0.2, 0) is 6.54 Å². The molecule has 1 aliphatic heterocycles. The largest absolute Gasteiger partial charge is 0.354 e. The Balaban J connectivity index is 0.00000259. The van der Waals surface area contributed by atoms with Gasteiger partial charge in [-0.2, -0.15) is 0 Å². The van der Waals surface area contributed by atoms with E-state index in [2.05, 4.69) is 27.0 Å². The number of piperidine rings is 1. The van der Waals surface area contributed by atoms with Crippen LogP contribution in [0.2, 0.25) is 0 Å². The van der Waals surface area contributed by atoms with Crippen molar-refractivity contribution in [2.45, 2.75) is 25.4 Å². The molecule has 0 saturated carbocycles. The lowest BCUT2D eigenvalue weighted by Crippen LogP contribution is -2.44. The number of hydrogen-bond donors (Lipinski definition) is 0. The van der Waals surface area contributed by atoms with Gasteiger partial charge >= 0.3 is 0 Å². The molecule has 7 nitrogen and oxygen atoms in total. The Morgan fingerprint density at radius 2 is 2.03 bits per heavy atom. The van der Waals surface area contributed by atoms with Crippen LogP contribution in [0.1, 0.15) is 12.8 Å². The Morgan fingerprint density at radius 1 is 1.21 bits per heavy atom. The van der Waals surface area contributed by atoms with Gasteiger partial charge in [-0.15, -0.1) is 23.7 Å². The second kappa shape index (κ2) is 10.0. The van der Waals surface area contributed by atoms with E-state index in [0.29, 0.717) is 23.6 Å². The average Bonchev–Trinajstić information content (AvgIpc) is 3.50. The van der Waals surface area contributed by atoms with Gasteiger partial charge in [-0.05, 0) is 42.5 Å². The smallest absolute Gasteiger partial charge is 0.269 e. The Bertz CT molecular complexity index is 1270. The first-order valence-electron chi connectivity index (χ1n) is 10.7. The van der Waals surface area contributed by atoms with Gasteiger partial charge < -0.3 is 18.9 Å². The first-order valence-corrected chi connectivity index (χ1v) is 11.6. The third-order valence-corrected chi connectivity index (χ3v) is 7.06. The molecule has 1 saturated heterocycles. The van der Waals surface area contributed by atoms with E-state index >= 15 is 0 Å². The molecule has 4 aromatic rings. The van der Waals surface area contributed by atoms with Crippen molar-refractivity contribution in [1.29, 1.82) is 0 Å². The summed E-state index contributed by atoms with van der Waals surface area (Å²) in [5.74, 6) is 1.28. The summed E-state index contributed by atoms with van der Waals surface area (Å²) in [6, 6.07) is 10.8. The third kappa shape index (κ3) is 4.95. The summed E-state index contributed by atoms with van der Waals surface area (Å²) in [6.45, 7) is 3.10. The lowest BCUT2D eigenvalue weighted by molar-refractivity contribution is 0.203. The van der Waals surface area contributed by atoms with E-state index in [4.69, 9.17) is 4.52 Å². The Kier molecular flexibility index (Phi) is 7.11. The molecular formula is C23H25ClFN5O2S. The number of fused-ring (bicyclic) bond motifs is 1. The molecular weight excluding hydrogens is 465 g/mol. The highest BCUT2D eigenvalue weighted by Crippen LogP contribution is 2.29. The van der Waals surface area contributed by atoms with Gasteiger partial charge in [0.2, 0.25) is 0 Å². The van der Waals surface area contributed by atoms with Gasteiger partial charge in [-0.1, -0.05) is 11.2 Å². The lowest BCUT2D eigenvalue weighted by Gasteiger charge is -2.36. The lowest BCUT2D eigenvalue weighted by atomic mass is 10.0. The molecule has 5 rings (SSSR count). The number of rotatable bonds is 6. The SMILES string of the molecule is CN(c1cc(-c2cccs2)on1)C1CCN(CCn2c(=O)cnc3ccc(F)cc32)CC1.Cl. The van der Waals surface area contributed by atoms with E-state index in [-0.39, 0.29) is 23.8 Å². The van der Waals surface area contributed by atoms with E-state index in [9.17, 15) is 9.18 Å². The highest BCUT2D eigenvalue weighted by molar-refractivity contribution is 7.13. The minimum Gasteiger partial charge on any atom is -0.354 e. The first-order chi connectivity index (χ1) is 15.6. The summed E-state index contributed by atoms with van der Waals surface area (Å²) in [6.07, 6.45) is 3.31. The van der Waals surface area contributed by atoms with Crippen LogP contribution in [0.25, 0.3) is 21.7 Å². The predicted octanol–water partition coefficient (Wildman–Crippen LogP) is 4.27. The summed E-state index contributed by atoms with van der Waals surface area (Å²) in [4.78, 5) is 22.1. The van der Waals surface area contributed by atoms with Crippen molar-refractivity contribution in [3.05, 3.63) is 64.1 Å². The molecule has 3 aromatic heterocycles. The van der Waals surface area contributed by atoms with Crippen LogP contribution < -0.4 is 10.5 Å². The van der Waals surface area contributed by atoms with Crippen LogP contribution >= 0.6 is 23.7 Å². The molecule has 0 aliphatic carbocycles. The van der Waals surface area contributed by atoms with Crippen molar-refractivity contribution in [2.24, 2.45) is 0 Å². The molecule has 33 heavy (non-hydrogen) atoms. The van der Waals surface area contributed by atoms with E-state index in [1.54, 1.807) is 22.0 Å². The molecule has 4 heterocycles. The Labute approximate surface area is 200 Å². The average molecular weight is 490 g/mol. The van der Waals surface area contributed by atoms with E-state index < -0.39 is 0 Å². The fourth-order valence-electron chi connectivity index (χ4n) is 4.29. The summed E-state index contributed by atoms with van der Waals surface area (Å²) >= 11 is 1.63. The molecule has 0 N–H and O–H groups in total. The van der Waals surface area contributed by atoms with Gasteiger partial charge in [0.1, 0.15) is 5.82 Å². The molecule has 0 spiro atoms. The fourth-order valence-corrected chi connectivity index (χ4v) is 4.96. The molecule has 10 heteroatoms. The van der Waals surface area contributed by atoms with Crippen LogP contribution in [0.5, 0.6) is 0 Å². The molecule has 1 fully saturated rings. The summed E-state index contributed by atoms with van der Waals surface area (Å²) in [5, 5.41) is 6.28. The molecule has 0 bridgehead atoms. The Morgan fingerprint density at radius 3 is 2.79 bits per heavy atom. The van der Waals surface area contributed by atoms with Crippen LogP contribution in [0.4, 0.5) is 10.2 Å². The van der Waals surface area contributed by atoms with Gasteiger partial charge in [0.15, 0.2) is 11.6 Å². The van der Waals surface area contributed by atoms with Gasteiger partial charge in [0, 0.05) is 45.3 Å². The number of likely N-dealkylation sites (tertiary alicyclic amines) is 1. The standard InChI is InChI=1S/C23H24FN5O2S.ClH/c1-27(22-14-20(31-26-22)21-3-2-12-32-21)17-6-8-28(9-7-17)10-11-29-19-13-16(24)4-5-18(19)25-15-23(29)30;/h2-5,12-15,17H,6-11H2,1H3;1H. The molecule has 0 radical (unpaired) electrons. The summed E-state index contributed by atoms with van der Waals surface area (Å²) in [7, 11) is 2.06. The highest BCUT2D eigenvalue weighted by Gasteiger charge is 2.24. The zero-order valence-corrected chi connectivity index (χ0v) is 19.8. The van der Waals surface area contributed by atoms with Crippen molar-refractivity contribution in [3.63, 3.8) is 0 Å². The monoisotopic (exact) mass is 489 g/mol. The number of aromatic nitrogens is 3. The second-order valence-corrected chi connectivity index (χ2v) is 9.04. The number of anilines is 1. The molecule has 0 atom stereocenters. The summed E-state index contributed by atoms with van der Waals surface area (Å²) < 4.78 is 20.9. The van der Waals surface area contributed by atoms with Crippen molar-refractivity contribution in [2.75, 3.05) is 31.6 Å². The Hall–Kier alpha value is -2.75. The fraction of sp³-hybridized carbons (Fsp3) is 0.348. The maximum absolute atomic E-state index is 13.7. The van der Waals surface area contributed by atoms with Gasteiger partial charge in [0.25, 0.3) is 5.56 Å². The number of nitrogens with zero attached hydrogens (tertiary/aromatic N) is 5. The zero-order chi connectivity index (χ0) is 22.1. The first kappa shape index (κ1) is 23.4. The summed E-state index contributed by atoms with van der Waals surface area (Å²) in [5.41, 5.74) is 0.964. The van der Waals surface area contributed by atoms with E-state index in [0.717, 1.165) is 48.9 Å². The molecule has 1 aromatic carbocycles. The normalized spacial score (nSPS) is 15.0. The van der Waals surface area contributed by atoms with Crippen LogP contribution in [0.15, 0.2) is 57.3 Å². The minimum atomic E-state index is -0.363. The molecule has 0 unspecified atom stereocenters. The van der Waals surface area contributed by atoms with Crippen LogP contribution in [0.3, 0.4) is 0 Å². The van der Waals surface area contributed by atoms with E-state index in [1.165, 1.54) is 18.3 Å². The number of benzene rings is 1. The van der Waals surface area contributed by atoms with Gasteiger partial charge in [-0.25, -0.2) is 9.37 Å². The maximum Gasteiger partial charge on any atom is 0.269 e. The molecule has 0 amide bonds. The molecule has 1 aliphatic rings. The van der Waals surface area contributed by atoms with Crippen LogP contribution in [-0.4, -0.2) is 52.3 Å². The third-order valence-electron chi connectivity index (χ3n) is 6.18. The number of hydrogen-bond acceptors (Lipinski definition) is 7. The second-order valence-electron chi connectivity index (χ2n) is 8.09. The maximum atomic E-state index is 13.7. The highest BCUT2D eigenvalue weighted by atomic mass is 35.5. The van der Waals surface area contributed by atoms with Gasteiger partial charge in [0.05, 0.1) is 22.1 Å². The topological polar surface area (TPSA) is 67.4 Å². The van der Waals surface area contributed by atoms with E-state index in [1.807, 2.05) is 23.6 Å². The van der Waals surface area contributed by atoms with Crippen molar-refractivity contribution in [1.82, 2.24) is 19.6 Å². The predicted molar refractivity (Wildman–Crippen MR) is 131 cm³/mol. The zero-order valence-electron chi connectivity index (χ0n) is 18.2. The number of thiophene rings is 1. The van der Waals surface area contributed by atoms with Crippen molar-refractivity contribution < 1.29 is 8.91 Å². The molecule has 174 valence electrons. The van der Waals surface area contributed by atoms with Crippen molar-refractivity contribution in [3.8, 4) is 10.6 Å². The van der Waals surface area contributed by atoms with Crippen molar-refractivity contribution >= 4 is 40.6 Å². The quantitative estimate of drug-likeness (QED) is 0.403. The van der Waals surface area contributed by atoms with Crippen LogP contribution in [0, 0.1) is 5.82 Å².